The van der Waals surface area contributed by atoms with Gasteiger partial charge < -0.3 is 15.1 Å². The number of hydrogen-bond donors (Lipinski definition) is 1. The summed E-state index contributed by atoms with van der Waals surface area (Å²) < 4.78 is 27.4. The Morgan fingerprint density at radius 1 is 0.939 bits per heavy atom. The number of carbonyl (C=O) groups excluding carboxylic acids is 1. The van der Waals surface area contributed by atoms with Crippen LogP contribution in [0.1, 0.15) is 42.3 Å². The van der Waals surface area contributed by atoms with E-state index in [4.69, 9.17) is 0 Å². The number of nitrogens with one attached hydrogen (secondary N) is 1. The molecule has 180 valence electrons. The third kappa shape index (κ3) is 5.57. The maximum Gasteiger partial charge on any atom is 0.255 e. The fraction of sp³-hybridized carbons (Fsp3) is 0.480. The van der Waals surface area contributed by atoms with Crippen LogP contribution >= 0.6 is 0 Å². The standard InChI is InChI=1S/C25H36N4O3S/c1-6-27-13-15-28(16-14-27)22-11-12-23(20(5)17-22)26-25(30)21-10-9-19(4)24(18-21)33(31,32)29(7-2)8-3/h9-12,17-18H,6-8,13-16H2,1-5H3,(H,26,30). The zero-order valence-electron chi connectivity index (χ0n) is 20.4. The molecule has 0 saturated carbocycles. The van der Waals surface area contributed by atoms with Crippen molar-refractivity contribution in [3.05, 3.63) is 53.1 Å². The molecule has 0 aromatic heterocycles. The van der Waals surface area contributed by atoms with Gasteiger partial charge in [0.1, 0.15) is 0 Å². The molecular weight excluding hydrogens is 436 g/mol. The molecule has 2 aromatic carbocycles. The van der Waals surface area contributed by atoms with Crippen LogP contribution in [0.5, 0.6) is 0 Å². The molecule has 0 spiro atoms. The van der Waals surface area contributed by atoms with E-state index in [-0.39, 0.29) is 10.8 Å². The molecule has 8 heteroatoms. The lowest BCUT2D eigenvalue weighted by molar-refractivity contribution is 0.102. The molecule has 1 amide bonds. The highest BCUT2D eigenvalue weighted by molar-refractivity contribution is 7.89. The maximum atomic E-state index is 13.0. The third-order valence-electron chi connectivity index (χ3n) is 6.42. The molecule has 1 aliphatic rings. The van der Waals surface area contributed by atoms with Crippen molar-refractivity contribution in [1.29, 1.82) is 0 Å². The minimum atomic E-state index is -3.65. The van der Waals surface area contributed by atoms with Gasteiger partial charge in [0.25, 0.3) is 5.91 Å². The van der Waals surface area contributed by atoms with Crippen molar-refractivity contribution in [2.45, 2.75) is 39.5 Å². The van der Waals surface area contributed by atoms with Gasteiger partial charge in [0.15, 0.2) is 0 Å². The second kappa shape index (κ2) is 10.7. The normalized spacial score (nSPS) is 15.2. The van der Waals surface area contributed by atoms with Crippen LogP contribution in [0, 0.1) is 13.8 Å². The lowest BCUT2D eigenvalue weighted by atomic mass is 10.1. The molecule has 0 unspecified atom stereocenters. The number of sulfonamides is 1. The summed E-state index contributed by atoms with van der Waals surface area (Å²) >= 11 is 0. The maximum absolute atomic E-state index is 13.0. The average Bonchev–Trinajstić information content (AvgIpc) is 2.81. The largest absolute Gasteiger partial charge is 0.369 e. The number of amides is 1. The summed E-state index contributed by atoms with van der Waals surface area (Å²) in [5.74, 6) is -0.321. The van der Waals surface area contributed by atoms with Gasteiger partial charge in [-0.25, -0.2) is 8.42 Å². The second-order valence-corrected chi connectivity index (χ2v) is 10.4. The molecule has 33 heavy (non-hydrogen) atoms. The first-order valence-corrected chi connectivity index (χ1v) is 13.1. The van der Waals surface area contributed by atoms with Gasteiger partial charge in [0.05, 0.1) is 4.90 Å². The van der Waals surface area contributed by atoms with E-state index in [1.165, 1.54) is 10.4 Å². The van der Waals surface area contributed by atoms with Crippen molar-refractivity contribution in [2.24, 2.45) is 0 Å². The molecule has 1 aliphatic heterocycles. The van der Waals surface area contributed by atoms with Crippen LogP contribution in [0.15, 0.2) is 41.3 Å². The summed E-state index contributed by atoms with van der Waals surface area (Å²) in [5, 5.41) is 2.95. The van der Waals surface area contributed by atoms with Crippen molar-refractivity contribution in [3.63, 3.8) is 0 Å². The lowest BCUT2D eigenvalue weighted by Gasteiger charge is -2.35. The SMILES string of the molecule is CCN1CCN(c2ccc(NC(=O)c3ccc(C)c(S(=O)(=O)N(CC)CC)c3)c(C)c2)CC1. The molecule has 0 aliphatic carbocycles. The number of anilines is 2. The zero-order chi connectivity index (χ0) is 24.2. The van der Waals surface area contributed by atoms with Crippen molar-refractivity contribution < 1.29 is 13.2 Å². The molecular formula is C25H36N4O3S. The van der Waals surface area contributed by atoms with Crippen LogP contribution in [-0.2, 0) is 10.0 Å². The molecule has 1 heterocycles. The number of hydrogen-bond acceptors (Lipinski definition) is 5. The van der Waals surface area contributed by atoms with E-state index < -0.39 is 10.0 Å². The zero-order valence-corrected chi connectivity index (χ0v) is 21.2. The number of likely N-dealkylation sites (N-methyl/N-ethyl adjacent to an activating group) is 1. The van der Waals surface area contributed by atoms with E-state index in [1.54, 1.807) is 19.1 Å². The van der Waals surface area contributed by atoms with Crippen molar-refractivity contribution >= 4 is 27.3 Å². The Labute approximate surface area is 198 Å². The summed E-state index contributed by atoms with van der Waals surface area (Å²) in [6.45, 7) is 15.5. The summed E-state index contributed by atoms with van der Waals surface area (Å²) in [4.78, 5) is 18.0. The molecule has 2 aromatic rings. The highest BCUT2D eigenvalue weighted by atomic mass is 32.2. The van der Waals surface area contributed by atoms with Gasteiger partial charge in [-0.15, -0.1) is 0 Å². The molecule has 3 rings (SSSR count). The predicted molar refractivity (Wildman–Crippen MR) is 135 cm³/mol. The van der Waals surface area contributed by atoms with Crippen LogP contribution < -0.4 is 10.2 Å². The van der Waals surface area contributed by atoms with Gasteiger partial charge in [-0.05, 0) is 61.9 Å². The molecule has 1 fully saturated rings. The predicted octanol–water partition coefficient (Wildman–Crippen LogP) is 3.73. The number of rotatable bonds is 8. The Morgan fingerprint density at radius 2 is 1.61 bits per heavy atom. The van der Waals surface area contributed by atoms with E-state index in [9.17, 15) is 13.2 Å². The van der Waals surface area contributed by atoms with Gasteiger partial charge in [0, 0.05) is 56.2 Å². The van der Waals surface area contributed by atoms with Gasteiger partial charge in [-0.1, -0.05) is 26.8 Å². The Balaban J connectivity index is 1.78. The highest BCUT2D eigenvalue weighted by Gasteiger charge is 2.25. The molecule has 1 N–H and O–H groups in total. The van der Waals surface area contributed by atoms with Gasteiger partial charge >= 0.3 is 0 Å². The van der Waals surface area contributed by atoms with Crippen LogP contribution in [0.2, 0.25) is 0 Å². The molecule has 0 atom stereocenters. The summed E-state index contributed by atoms with van der Waals surface area (Å²) in [7, 11) is -3.65. The smallest absolute Gasteiger partial charge is 0.255 e. The summed E-state index contributed by atoms with van der Waals surface area (Å²) in [5.41, 5.74) is 3.81. The minimum absolute atomic E-state index is 0.178. The minimum Gasteiger partial charge on any atom is -0.369 e. The van der Waals surface area contributed by atoms with Crippen LogP contribution in [0.25, 0.3) is 0 Å². The number of benzene rings is 2. The monoisotopic (exact) mass is 472 g/mol. The topological polar surface area (TPSA) is 73.0 Å². The van der Waals surface area contributed by atoms with Gasteiger partial charge in [-0.2, -0.15) is 4.31 Å². The van der Waals surface area contributed by atoms with E-state index in [0.29, 0.717) is 24.2 Å². The van der Waals surface area contributed by atoms with Crippen molar-refractivity contribution in [3.8, 4) is 0 Å². The van der Waals surface area contributed by atoms with Gasteiger partial charge in [0.2, 0.25) is 10.0 Å². The van der Waals surface area contributed by atoms with Crippen LogP contribution in [0.4, 0.5) is 11.4 Å². The van der Waals surface area contributed by atoms with Crippen LogP contribution in [0.3, 0.4) is 0 Å². The Morgan fingerprint density at radius 3 is 2.18 bits per heavy atom. The number of nitrogens with zero attached hydrogens (tertiary/aromatic N) is 3. The molecule has 0 radical (unpaired) electrons. The summed E-state index contributed by atoms with van der Waals surface area (Å²) in [6, 6.07) is 10.9. The Hall–Kier alpha value is -2.42. The number of piperazine rings is 1. The first-order chi connectivity index (χ1) is 15.7. The van der Waals surface area contributed by atoms with Crippen LogP contribution in [-0.4, -0.2) is 69.3 Å². The second-order valence-electron chi connectivity index (χ2n) is 8.44. The molecule has 1 saturated heterocycles. The van der Waals surface area contributed by atoms with E-state index >= 15 is 0 Å². The van der Waals surface area contributed by atoms with E-state index in [1.807, 2.05) is 32.9 Å². The Kier molecular flexibility index (Phi) is 8.15. The van der Waals surface area contributed by atoms with Crippen molar-refractivity contribution in [1.82, 2.24) is 9.21 Å². The quantitative estimate of drug-likeness (QED) is 0.634. The molecule has 0 bridgehead atoms. The summed E-state index contributed by atoms with van der Waals surface area (Å²) in [6.07, 6.45) is 0. The van der Waals surface area contributed by atoms with E-state index in [2.05, 4.69) is 28.1 Å². The van der Waals surface area contributed by atoms with E-state index in [0.717, 1.165) is 49.7 Å². The first-order valence-electron chi connectivity index (χ1n) is 11.7. The number of aryl methyl sites for hydroxylation is 2. The first kappa shape index (κ1) is 25.2. The molecule has 7 nitrogen and oxygen atoms in total. The highest BCUT2D eigenvalue weighted by Crippen LogP contribution is 2.26. The lowest BCUT2D eigenvalue weighted by Crippen LogP contribution is -2.46. The van der Waals surface area contributed by atoms with Gasteiger partial charge in [-0.3, -0.25) is 4.79 Å². The fourth-order valence-electron chi connectivity index (χ4n) is 4.22. The number of carbonyl (C=O) groups is 1. The average molecular weight is 473 g/mol. The van der Waals surface area contributed by atoms with Crippen molar-refractivity contribution in [2.75, 3.05) is 56.0 Å². The third-order valence-corrected chi connectivity index (χ3v) is 8.61. The Bertz CT molecular complexity index is 1090. The fourth-order valence-corrected chi connectivity index (χ4v) is 5.93.